The van der Waals surface area contributed by atoms with Gasteiger partial charge in [-0.2, -0.15) is 0 Å². The lowest BCUT2D eigenvalue weighted by molar-refractivity contribution is -0.139. The molecule has 1 atom stereocenters. The first kappa shape index (κ1) is 19.7. The molecule has 0 bridgehead atoms. The number of nitrogens with zero attached hydrogens (tertiary/aromatic N) is 2. The maximum absolute atomic E-state index is 13.1. The van der Waals surface area contributed by atoms with Crippen molar-refractivity contribution in [2.45, 2.75) is 39.2 Å². The highest BCUT2D eigenvalue weighted by Crippen LogP contribution is 2.40. The Balaban J connectivity index is 1.81. The molecule has 5 nitrogen and oxygen atoms in total. The number of allylic oxidation sites excluding steroid dienone is 1. The van der Waals surface area contributed by atoms with E-state index in [0.29, 0.717) is 12.2 Å². The number of para-hydroxylation sites is 2. The molecule has 0 aliphatic carbocycles. The number of anilines is 1. The van der Waals surface area contributed by atoms with Crippen molar-refractivity contribution in [3.8, 4) is 0 Å². The van der Waals surface area contributed by atoms with Crippen molar-refractivity contribution >= 4 is 38.9 Å². The summed E-state index contributed by atoms with van der Waals surface area (Å²) in [5.41, 5.74) is 4.27. The summed E-state index contributed by atoms with van der Waals surface area (Å²) in [4.78, 5) is 17.9. The Morgan fingerprint density at radius 3 is 2.83 bits per heavy atom. The molecule has 6 heteroatoms. The van der Waals surface area contributed by atoms with Gasteiger partial charge in [0.25, 0.3) is 0 Å². The van der Waals surface area contributed by atoms with Gasteiger partial charge in [0.15, 0.2) is 0 Å². The van der Waals surface area contributed by atoms with Gasteiger partial charge in [-0.15, -0.1) is 0 Å². The Morgan fingerprint density at radius 2 is 2.03 bits per heavy atom. The number of halogens is 1. The van der Waals surface area contributed by atoms with Crippen LogP contribution in [0.1, 0.15) is 44.7 Å². The van der Waals surface area contributed by atoms with Crippen molar-refractivity contribution in [3.63, 3.8) is 0 Å². The number of ether oxygens (including phenoxy) is 1. The summed E-state index contributed by atoms with van der Waals surface area (Å²) in [6, 6.07) is 15.7. The minimum absolute atomic E-state index is 0.278. The van der Waals surface area contributed by atoms with E-state index in [9.17, 15) is 4.79 Å². The van der Waals surface area contributed by atoms with E-state index >= 15 is 0 Å². The van der Waals surface area contributed by atoms with Crippen LogP contribution in [0.3, 0.4) is 0 Å². The van der Waals surface area contributed by atoms with E-state index in [1.807, 2.05) is 55.5 Å². The molecule has 0 saturated heterocycles. The van der Waals surface area contributed by atoms with E-state index in [4.69, 9.17) is 9.72 Å². The number of aromatic nitrogens is 2. The number of esters is 1. The molecule has 2 aromatic carbocycles. The van der Waals surface area contributed by atoms with Gasteiger partial charge in [-0.3, -0.25) is 4.57 Å². The lowest BCUT2D eigenvalue weighted by Gasteiger charge is -2.30. The Kier molecular flexibility index (Phi) is 5.72. The van der Waals surface area contributed by atoms with E-state index in [1.165, 1.54) is 0 Å². The maximum atomic E-state index is 13.1. The summed E-state index contributed by atoms with van der Waals surface area (Å²) in [5.74, 6) is 0.454. The van der Waals surface area contributed by atoms with E-state index < -0.39 is 0 Å². The van der Waals surface area contributed by atoms with E-state index in [0.717, 1.165) is 52.0 Å². The summed E-state index contributed by atoms with van der Waals surface area (Å²) in [6.45, 7) is 4.48. The zero-order valence-corrected chi connectivity index (χ0v) is 18.2. The SMILES string of the molecule is CCCCCOC(=O)C1=C(C)Nc2nc3ccccc3n2[C@@H]1c1cccc(Br)c1. The monoisotopic (exact) mass is 453 g/mol. The smallest absolute Gasteiger partial charge is 0.338 e. The number of hydrogen-bond acceptors (Lipinski definition) is 4. The summed E-state index contributed by atoms with van der Waals surface area (Å²) in [7, 11) is 0. The molecule has 29 heavy (non-hydrogen) atoms. The number of carbonyl (C=O) groups excluding carboxylic acids is 1. The van der Waals surface area contributed by atoms with Crippen LogP contribution in [0, 0.1) is 0 Å². The Morgan fingerprint density at radius 1 is 1.21 bits per heavy atom. The van der Waals surface area contributed by atoms with Gasteiger partial charge >= 0.3 is 5.97 Å². The molecule has 0 saturated carbocycles. The van der Waals surface area contributed by atoms with Crippen LogP contribution in [-0.4, -0.2) is 22.1 Å². The minimum Gasteiger partial charge on any atom is -0.462 e. The average Bonchev–Trinajstić information content (AvgIpc) is 3.07. The molecule has 0 radical (unpaired) electrons. The Bertz CT molecular complexity index is 1090. The highest BCUT2D eigenvalue weighted by molar-refractivity contribution is 9.10. The van der Waals surface area contributed by atoms with Crippen LogP contribution in [0.25, 0.3) is 11.0 Å². The van der Waals surface area contributed by atoms with Gasteiger partial charge in [-0.1, -0.05) is 60.0 Å². The van der Waals surface area contributed by atoms with Crippen molar-refractivity contribution in [1.82, 2.24) is 9.55 Å². The van der Waals surface area contributed by atoms with Gasteiger partial charge in [-0.05, 0) is 43.2 Å². The van der Waals surface area contributed by atoms with Crippen LogP contribution in [0.5, 0.6) is 0 Å². The maximum Gasteiger partial charge on any atom is 0.338 e. The first-order chi connectivity index (χ1) is 14.1. The highest BCUT2D eigenvalue weighted by atomic mass is 79.9. The number of benzene rings is 2. The normalized spacial score (nSPS) is 15.9. The number of nitrogens with one attached hydrogen (secondary N) is 1. The van der Waals surface area contributed by atoms with Crippen molar-refractivity contribution in [3.05, 3.63) is 69.8 Å². The Labute approximate surface area is 178 Å². The van der Waals surface area contributed by atoms with Gasteiger partial charge in [-0.25, -0.2) is 9.78 Å². The molecule has 1 aromatic heterocycles. The van der Waals surface area contributed by atoms with Gasteiger partial charge in [0.1, 0.15) is 0 Å². The Hall–Kier alpha value is -2.60. The van der Waals surface area contributed by atoms with Gasteiger partial charge in [0.2, 0.25) is 5.95 Å². The standard InChI is InChI=1S/C23H24BrN3O2/c1-3-4-7-13-29-22(28)20-15(2)25-23-26-18-11-5-6-12-19(18)27(23)21(20)16-9-8-10-17(24)14-16/h5-6,8-12,14,21H,3-4,7,13H2,1-2H3,(H,25,26)/t21-/m1/s1. The predicted molar refractivity (Wildman–Crippen MR) is 119 cm³/mol. The quantitative estimate of drug-likeness (QED) is 0.377. The molecule has 0 unspecified atom stereocenters. The van der Waals surface area contributed by atoms with Gasteiger partial charge in [0.05, 0.1) is 29.3 Å². The molecule has 0 fully saturated rings. The molecule has 3 aromatic rings. The van der Waals surface area contributed by atoms with Crippen molar-refractivity contribution in [2.75, 3.05) is 11.9 Å². The molecule has 4 rings (SSSR count). The second kappa shape index (κ2) is 8.41. The zero-order valence-electron chi connectivity index (χ0n) is 16.6. The van der Waals surface area contributed by atoms with Crippen molar-refractivity contribution in [1.29, 1.82) is 0 Å². The number of rotatable bonds is 6. The number of fused-ring (bicyclic) bond motifs is 3. The van der Waals surface area contributed by atoms with Crippen LogP contribution in [0.15, 0.2) is 64.3 Å². The second-order valence-electron chi connectivity index (χ2n) is 7.26. The molecule has 0 amide bonds. The largest absolute Gasteiger partial charge is 0.462 e. The highest BCUT2D eigenvalue weighted by Gasteiger charge is 2.34. The van der Waals surface area contributed by atoms with Gasteiger partial charge < -0.3 is 10.1 Å². The van der Waals surface area contributed by atoms with Crippen LogP contribution >= 0.6 is 15.9 Å². The number of unbranched alkanes of at least 4 members (excludes halogenated alkanes) is 2. The van der Waals surface area contributed by atoms with Crippen LogP contribution in [0.4, 0.5) is 5.95 Å². The molecule has 0 spiro atoms. The first-order valence-corrected chi connectivity index (χ1v) is 10.8. The number of hydrogen-bond donors (Lipinski definition) is 1. The average molecular weight is 454 g/mol. The second-order valence-corrected chi connectivity index (χ2v) is 8.17. The van der Waals surface area contributed by atoms with Crippen LogP contribution < -0.4 is 5.32 Å². The third kappa shape index (κ3) is 3.81. The number of carbonyl (C=O) groups is 1. The van der Waals surface area contributed by atoms with Crippen LogP contribution in [-0.2, 0) is 9.53 Å². The van der Waals surface area contributed by atoms with E-state index in [-0.39, 0.29) is 12.0 Å². The van der Waals surface area contributed by atoms with Crippen LogP contribution in [0.2, 0.25) is 0 Å². The summed E-state index contributed by atoms with van der Waals surface area (Å²) >= 11 is 3.57. The fourth-order valence-corrected chi connectivity index (χ4v) is 4.23. The van der Waals surface area contributed by atoms with E-state index in [2.05, 4.69) is 32.7 Å². The van der Waals surface area contributed by atoms with Gasteiger partial charge in [0, 0.05) is 10.2 Å². The third-order valence-corrected chi connectivity index (χ3v) is 5.69. The molecular formula is C23H24BrN3O2. The van der Waals surface area contributed by atoms with E-state index in [1.54, 1.807) is 0 Å². The molecule has 1 aliphatic heterocycles. The molecule has 1 aliphatic rings. The van der Waals surface area contributed by atoms with Crippen molar-refractivity contribution in [2.24, 2.45) is 0 Å². The molecule has 1 N–H and O–H groups in total. The molecular weight excluding hydrogens is 430 g/mol. The topological polar surface area (TPSA) is 56.1 Å². The number of imidazole rings is 1. The summed E-state index contributed by atoms with van der Waals surface area (Å²) in [6.07, 6.45) is 3.02. The fourth-order valence-electron chi connectivity index (χ4n) is 3.82. The molecule has 150 valence electrons. The first-order valence-electron chi connectivity index (χ1n) is 9.97. The zero-order chi connectivity index (χ0) is 20.4. The lowest BCUT2D eigenvalue weighted by atomic mass is 9.95. The minimum atomic E-state index is -0.310. The fraction of sp³-hybridized carbons (Fsp3) is 0.304. The third-order valence-electron chi connectivity index (χ3n) is 5.20. The summed E-state index contributed by atoms with van der Waals surface area (Å²) < 4.78 is 8.71. The predicted octanol–water partition coefficient (Wildman–Crippen LogP) is 5.82. The molecule has 2 heterocycles. The van der Waals surface area contributed by atoms with Crippen molar-refractivity contribution < 1.29 is 9.53 Å². The lowest BCUT2D eigenvalue weighted by Crippen LogP contribution is -2.29. The summed E-state index contributed by atoms with van der Waals surface area (Å²) in [5, 5.41) is 3.32.